The number of fused-ring (bicyclic) bond motifs is 1. The average molecular weight is 439 g/mol. The minimum Gasteiger partial charge on any atom is -0.366 e. The maximum absolute atomic E-state index is 14.4. The number of rotatable bonds is 6. The number of nitrogens with one attached hydrogen (secondary N) is 2. The number of aromatic nitrogens is 3. The van der Waals surface area contributed by atoms with E-state index in [0.29, 0.717) is 40.3 Å². The highest BCUT2D eigenvalue weighted by atomic mass is 19.1. The van der Waals surface area contributed by atoms with Crippen LogP contribution in [-0.4, -0.2) is 34.4 Å². The van der Waals surface area contributed by atoms with Crippen molar-refractivity contribution in [3.05, 3.63) is 77.7 Å². The summed E-state index contributed by atoms with van der Waals surface area (Å²) in [6, 6.07) is 16.0. The van der Waals surface area contributed by atoms with E-state index in [-0.39, 0.29) is 17.8 Å². The SMILES string of the molecule is [B]c1cnn2c(NCc3ccc(C(=O)NC4CCCC4)cc3)cc(-c3ccccc3F)nc12. The van der Waals surface area contributed by atoms with Crippen molar-refractivity contribution < 1.29 is 9.18 Å². The summed E-state index contributed by atoms with van der Waals surface area (Å²) >= 11 is 0. The zero-order chi connectivity index (χ0) is 22.8. The van der Waals surface area contributed by atoms with Gasteiger partial charge in [-0.05, 0) is 48.1 Å². The zero-order valence-electron chi connectivity index (χ0n) is 18.1. The van der Waals surface area contributed by atoms with Gasteiger partial charge >= 0.3 is 0 Å². The molecule has 1 aliphatic rings. The molecule has 1 fully saturated rings. The molecule has 1 amide bonds. The monoisotopic (exact) mass is 439 g/mol. The van der Waals surface area contributed by atoms with E-state index in [1.807, 2.05) is 24.3 Å². The topological polar surface area (TPSA) is 71.3 Å². The van der Waals surface area contributed by atoms with Crippen molar-refractivity contribution in [2.24, 2.45) is 0 Å². The van der Waals surface area contributed by atoms with Crippen LogP contribution in [0.25, 0.3) is 16.9 Å². The number of anilines is 1. The van der Waals surface area contributed by atoms with Crippen LogP contribution in [0.15, 0.2) is 60.8 Å². The number of hydrogen-bond donors (Lipinski definition) is 2. The molecule has 6 nitrogen and oxygen atoms in total. The molecule has 0 unspecified atom stereocenters. The quantitative estimate of drug-likeness (QED) is 0.451. The molecule has 2 heterocycles. The van der Waals surface area contributed by atoms with E-state index < -0.39 is 0 Å². The van der Waals surface area contributed by atoms with Crippen molar-refractivity contribution in [2.75, 3.05) is 5.32 Å². The van der Waals surface area contributed by atoms with Gasteiger partial charge in [0.2, 0.25) is 0 Å². The molecular formula is C25H23BFN5O. The molecule has 2 aromatic heterocycles. The van der Waals surface area contributed by atoms with Gasteiger partial charge in [0.25, 0.3) is 5.91 Å². The van der Waals surface area contributed by atoms with Crippen LogP contribution in [0.3, 0.4) is 0 Å². The molecule has 164 valence electrons. The Bertz CT molecular complexity index is 1300. The van der Waals surface area contributed by atoms with Crippen molar-refractivity contribution in [1.29, 1.82) is 0 Å². The molecule has 4 aromatic rings. The second kappa shape index (κ2) is 9.06. The lowest BCUT2D eigenvalue weighted by atomic mass is 10.0. The Hall–Kier alpha value is -3.68. The molecule has 0 atom stereocenters. The molecule has 0 aliphatic heterocycles. The normalized spacial score (nSPS) is 14.0. The van der Waals surface area contributed by atoms with Crippen LogP contribution in [0, 0.1) is 5.82 Å². The first-order chi connectivity index (χ1) is 16.1. The first-order valence-corrected chi connectivity index (χ1v) is 11.1. The summed E-state index contributed by atoms with van der Waals surface area (Å²) in [4.78, 5) is 17.0. The highest BCUT2D eigenvalue weighted by Gasteiger charge is 2.18. The lowest BCUT2D eigenvalue weighted by Gasteiger charge is -2.13. The fourth-order valence-electron chi connectivity index (χ4n) is 4.22. The Morgan fingerprint density at radius 2 is 1.88 bits per heavy atom. The minimum absolute atomic E-state index is 0.0289. The molecular weight excluding hydrogens is 416 g/mol. The molecule has 1 saturated carbocycles. The summed E-state index contributed by atoms with van der Waals surface area (Å²) in [6.07, 6.45) is 6.00. The molecule has 2 radical (unpaired) electrons. The Morgan fingerprint density at radius 3 is 2.64 bits per heavy atom. The third-order valence-corrected chi connectivity index (χ3v) is 6.03. The molecule has 1 aliphatic carbocycles. The third kappa shape index (κ3) is 4.46. The van der Waals surface area contributed by atoms with E-state index in [2.05, 4.69) is 20.7 Å². The van der Waals surface area contributed by atoms with E-state index in [4.69, 9.17) is 7.85 Å². The molecule has 2 N–H and O–H groups in total. The third-order valence-electron chi connectivity index (χ3n) is 6.03. The Labute approximate surface area is 192 Å². The van der Waals surface area contributed by atoms with Gasteiger partial charge < -0.3 is 10.6 Å². The highest BCUT2D eigenvalue weighted by molar-refractivity contribution is 6.36. The van der Waals surface area contributed by atoms with Gasteiger partial charge in [-0.1, -0.05) is 37.1 Å². The molecule has 0 saturated heterocycles. The van der Waals surface area contributed by atoms with Gasteiger partial charge in [0, 0.05) is 36.0 Å². The zero-order valence-corrected chi connectivity index (χ0v) is 18.1. The van der Waals surface area contributed by atoms with Gasteiger partial charge in [-0.3, -0.25) is 4.79 Å². The summed E-state index contributed by atoms with van der Waals surface area (Å²) in [7, 11) is 6.04. The smallest absolute Gasteiger partial charge is 0.251 e. The average Bonchev–Trinajstić information content (AvgIpc) is 3.48. The van der Waals surface area contributed by atoms with Gasteiger partial charge in [-0.25, -0.2) is 9.37 Å². The molecule has 5 rings (SSSR count). The number of benzene rings is 2. The maximum Gasteiger partial charge on any atom is 0.251 e. The fraction of sp³-hybridized carbons (Fsp3) is 0.240. The van der Waals surface area contributed by atoms with E-state index >= 15 is 0 Å². The standard InChI is InChI=1S/C25H23BFN5O/c26-20-15-29-32-23(13-22(31-24(20)32)19-7-3-4-8-21(19)27)28-14-16-9-11-17(12-10-16)25(33)30-18-5-1-2-6-18/h3-4,7-13,15,18,28H,1-2,5-6,14H2,(H,30,33). The number of halogens is 1. The second-order valence-corrected chi connectivity index (χ2v) is 8.35. The van der Waals surface area contributed by atoms with Crippen molar-refractivity contribution in [3.8, 4) is 11.3 Å². The predicted octanol–water partition coefficient (Wildman–Crippen LogP) is 3.61. The van der Waals surface area contributed by atoms with Crippen molar-refractivity contribution >= 4 is 30.7 Å². The first kappa shape index (κ1) is 21.2. The summed E-state index contributed by atoms with van der Waals surface area (Å²) in [5, 5.41) is 10.7. The summed E-state index contributed by atoms with van der Waals surface area (Å²) in [5.74, 6) is 0.252. The van der Waals surface area contributed by atoms with Gasteiger partial charge in [-0.15, -0.1) is 0 Å². The Morgan fingerprint density at radius 1 is 1.12 bits per heavy atom. The number of amides is 1. The van der Waals surface area contributed by atoms with Crippen LogP contribution in [0.1, 0.15) is 41.6 Å². The van der Waals surface area contributed by atoms with Crippen LogP contribution in [-0.2, 0) is 6.54 Å². The summed E-state index contributed by atoms with van der Waals surface area (Å²) < 4.78 is 16.0. The molecule has 8 heteroatoms. The summed E-state index contributed by atoms with van der Waals surface area (Å²) in [5.41, 5.74) is 3.37. The van der Waals surface area contributed by atoms with Crippen LogP contribution < -0.4 is 16.1 Å². The Balaban J connectivity index is 1.35. The van der Waals surface area contributed by atoms with Gasteiger partial charge in [0.15, 0.2) is 5.65 Å². The van der Waals surface area contributed by atoms with Crippen LogP contribution in [0.2, 0.25) is 0 Å². The fourth-order valence-corrected chi connectivity index (χ4v) is 4.22. The molecule has 0 spiro atoms. The largest absolute Gasteiger partial charge is 0.366 e. The molecule has 0 bridgehead atoms. The van der Waals surface area contributed by atoms with Gasteiger partial charge in [-0.2, -0.15) is 9.61 Å². The summed E-state index contributed by atoms with van der Waals surface area (Å²) in [6.45, 7) is 0.486. The van der Waals surface area contributed by atoms with Crippen LogP contribution >= 0.6 is 0 Å². The number of carbonyl (C=O) groups excluding carboxylic acids is 1. The van der Waals surface area contributed by atoms with E-state index in [1.165, 1.54) is 25.1 Å². The number of nitrogens with zero attached hydrogens (tertiary/aromatic N) is 3. The van der Waals surface area contributed by atoms with E-state index in [0.717, 1.165) is 18.4 Å². The molecule has 33 heavy (non-hydrogen) atoms. The Kier molecular flexibility index (Phi) is 5.81. The van der Waals surface area contributed by atoms with E-state index in [1.54, 1.807) is 28.8 Å². The van der Waals surface area contributed by atoms with Crippen LogP contribution in [0.5, 0.6) is 0 Å². The highest BCUT2D eigenvalue weighted by Crippen LogP contribution is 2.24. The number of carbonyl (C=O) groups is 1. The van der Waals surface area contributed by atoms with Gasteiger partial charge in [0.05, 0.1) is 5.69 Å². The lowest BCUT2D eigenvalue weighted by molar-refractivity contribution is 0.0938. The van der Waals surface area contributed by atoms with E-state index in [9.17, 15) is 9.18 Å². The minimum atomic E-state index is -0.357. The van der Waals surface area contributed by atoms with Crippen molar-refractivity contribution in [1.82, 2.24) is 19.9 Å². The first-order valence-electron chi connectivity index (χ1n) is 11.1. The lowest BCUT2D eigenvalue weighted by Crippen LogP contribution is -2.32. The van der Waals surface area contributed by atoms with Crippen molar-refractivity contribution in [2.45, 2.75) is 38.3 Å². The van der Waals surface area contributed by atoms with Crippen LogP contribution in [0.4, 0.5) is 10.2 Å². The molecule has 2 aromatic carbocycles. The number of hydrogen-bond acceptors (Lipinski definition) is 4. The second-order valence-electron chi connectivity index (χ2n) is 8.35. The predicted molar refractivity (Wildman–Crippen MR) is 127 cm³/mol. The maximum atomic E-state index is 14.4. The van der Waals surface area contributed by atoms with Gasteiger partial charge in [0.1, 0.15) is 19.5 Å². The van der Waals surface area contributed by atoms with Crippen molar-refractivity contribution in [3.63, 3.8) is 0 Å².